The van der Waals surface area contributed by atoms with Crippen LogP contribution < -0.4 is 0 Å². The molecule has 1 heterocycles. The fourth-order valence-electron chi connectivity index (χ4n) is 2.15. The zero-order valence-electron chi connectivity index (χ0n) is 11.3. The van der Waals surface area contributed by atoms with Crippen molar-refractivity contribution in [1.82, 2.24) is 14.7 Å². The van der Waals surface area contributed by atoms with Crippen LogP contribution in [0.1, 0.15) is 31.2 Å². The lowest BCUT2D eigenvalue weighted by Crippen LogP contribution is -2.33. The Labute approximate surface area is 108 Å². The highest BCUT2D eigenvalue weighted by Crippen LogP contribution is 2.28. The van der Waals surface area contributed by atoms with Crippen LogP contribution in [0.3, 0.4) is 0 Å². The second-order valence-corrected chi connectivity index (χ2v) is 4.84. The van der Waals surface area contributed by atoms with Gasteiger partial charge in [0, 0.05) is 19.6 Å². The van der Waals surface area contributed by atoms with Crippen molar-refractivity contribution in [3.8, 4) is 0 Å². The standard InChI is InChI=1S/C13H21N3O2/c1-4-18-13(17)9-16(11-5-6-11)8-12-7-10(2)14-15(12)3/h7,11H,4-6,8-9H2,1-3H3. The first-order valence-electron chi connectivity index (χ1n) is 6.49. The number of hydrogen-bond acceptors (Lipinski definition) is 4. The highest BCUT2D eigenvalue weighted by Gasteiger charge is 2.31. The maximum atomic E-state index is 11.6. The molecule has 1 saturated carbocycles. The Hall–Kier alpha value is -1.36. The summed E-state index contributed by atoms with van der Waals surface area (Å²) >= 11 is 0. The zero-order valence-corrected chi connectivity index (χ0v) is 11.3. The van der Waals surface area contributed by atoms with Crippen LogP contribution in [-0.4, -0.2) is 39.8 Å². The summed E-state index contributed by atoms with van der Waals surface area (Å²) in [4.78, 5) is 13.8. The molecule has 0 N–H and O–H groups in total. The van der Waals surface area contributed by atoms with Crippen molar-refractivity contribution >= 4 is 5.97 Å². The molecule has 0 aliphatic heterocycles. The van der Waals surface area contributed by atoms with E-state index in [2.05, 4.69) is 16.1 Å². The molecule has 1 aliphatic rings. The average Bonchev–Trinajstić information content (AvgIpc) is 3.06. The second kappa shape index (κ2) is 5.52. The van der Waals surface area contributed by atoms with Gasteiger partial charge in [-0.2, -0.15) is 5.10 Å². The van der Waals surface area contributed by atoms with Gasteiger partial charge in [0.25, 0.3) is 0 Å². The van der Waals surface area contributed by atoms with Crippen LogP contribution in [0.5, 0.6) is 0 Å². The normalized spacial score (nSPS) is 15.1. The maximum absolute atomic E-state index is 11.6. The Kier molecular flexibility index (Phi) is 4.01. The largest absolute Gasteiger partial charge is 0.465 e. The Bertz CT molecular complexity index is 424. The van der Waals surface area contributed by atoms with Gasteiger partial charge in [-0.1, -0.05) is 0 Å². The van der Waals surface area contributed by atoms with Gasteiger partial charge in [-0.25, -0.2) is 0 Å². The van der Waals surface area contributed by atoms with Crippen molar-refractivity contribution in [2.45, 2.75) is 39.3 Å². The molecule has 1 aromatic heterocycles. The second-order valence-electron chi connectivity index (χ2n) is 4.84. The predicted molar refractivity (Wildman–Crippen MR) is 68.0 cm³/mol. The van der Waals surface area contributed by atoms with Gasteiger partial charge in [-0.3, -0.25) is 14.4 Å². The molecule has 5 nitrogen and oxygen atoms in total. The van der Waals surface area contributed by atoms with Crippen LogP contribution in [0.15, 0.2) is 6.07 Å². The smallest absolute Gasteiger partial charge is 0.320 e. The summed E-state index contributed by atoms with van der Waals surface area (Å²) in [5.41, 5.74) is 2.16. The summed E-state index contributed by atoms with van der Waals surface area (Å²) in [5.74, 6) is -0.136. The van der Waals surface area contributed by atoms with E-state index < -0.39 is 0 Å². The number of carbonyl (C=O) groups excluding carboxylic acids is 1. The molecule has 1 aliphatic carbocycles. The van der Waals surface area contributed by atoms with Crippen molar-refractivity contribution < 1.29 is 9.53 Å². The van der Waals surface area contributed by atoms with Gasteiger partial charge in [0.15, 0.2) is 0 Å². The first kappa shape index (κ1) is 13.1. The number of carbonyl (C=O) groups is 1. The summed E-state index contributed by atoms with van der Waals surface area (Å²) in [7, 11) is 1.94. The van der Waals surface area contributed by atoms with Crippen LogP contribution in [0.4, 0.5) is 0 Å². The third-order valence-corrected chi connectivity index (χ3v) is 3.16. The first-order valence-corrected chi connectivity index (χ1v) is 6.49. The molecule has 1 aromatic rings. The Morgan fingerprint density at radius 1 is 1.61 bits per heavy atom. The van der Waals surface area contributed by atoms with Gasteiger partial charge in [0.2, 0.25) is 0 Å². The third-order valence-electron chi connectivity index (χ3n) is 3.16. The fraction of sp³-hybridized carbons (Fsp3) is 0.692. The van der Waals surface area contributed by atoms with Gasteiger partial charge in [0.1, 0.15) is 0 Å². The van der Waals surface area contributed by atoms with Gasteiger partial charge >= 0.3 is 5.97 Å². The Morgan fingerprint density at radius 3 is 2.83 bits per heavy atom. The van der Waals surface area contributed by atoms with E-state index in [4.69, 9.17) is 4.74 Å². The third kappa shape index (κ3) is 3.32. The van der Waals surface area contributed by atoms with Crippen molar-refractivity contribution in [1.29, 1.82) is 0 Å². The molecule has 100 valence electrons. The summed E-state index contributed by atoms with van der Waals surface area (Å²) in [6, 6.07) is 2.60. The summed E-state index contributed by atoms with van der Waals surface area (Å²) in [5, 5.41) is 4.33. The van der Waals surface area contributed by atoms with Gasteiger partial charge < -0.3 is 4.74 Å². The maximum Gasteiger partial charge on any atom is 0.320 e. The number of aromatic nitrogens is 2. The highest BCUT2D eigenvalue weighted by atomic mass is 16.5. The van der Waals surface area contributed by atoms with Crippen LogP contribution in [0.25, 0.3) is 0 Å². The molecule has 0 unspecified atom stereocenters. The minimum atomic E-state index is -0.136. The van der Waals surface area contributed by atoms with Crippen molar-refractivity contribution in [2.24, 2.45) is 7.05 Å². The lowest BCUT2D eigenvalue weighted by atomic mass is 10.3. The molecular formula is C13H21N3O2. The number of hydrogen-bond donors (Lipinski definition) is 0. The van der Waals surface area contributed by atoms with E-state index in [-0.39, 0.29) is 5.97 Å². The summed E-state index contributed by atoms with van der Waals surface area (Å²) in [6.07, 6.45) is 2.35. The number of esters is 1. The van der Waals surface area contributed by atoms with Crippen LogP contribution in [-0.2, 0) is 23.1 Å². The Morgan fingerprint density at radius 2 is 2.33 bits per heavy atom. The average molecular weight is 251 g/mol. The zero-order chi connectivity index (χ0) is 13.1. The molecule has 2 rings (SSSR count). The Balaban J connectivity index is 1.98. The minimum Gasteiger partial charge on any atom is -0.465 e. The molecule has 0 bridgehead atoms. The molecule has 0 atom stereocenters. The number of aryl methyl sites for hydroxylation is 2. The molecule has 1 fully saturated rings. The predicted octanol–water partition coefficient (Wildman–Crippen LogP) is 1.26. The van der Waals surface area contributed by atoms with E-state index in [1.807, 2.05) is 25.6 Å². The molecule has 0 saturated heterocycles. The molecule has 18 heavy (non-hydrogen) atoms. The SMILES string of the molecule is CCOC(=O)CN(Cc1cc(C)nn1C)C1CC1. The molecule has 0 spiro atoms. The topological polar surface area (TPSA) is 47.4 Å². The van der Waals surface area contributed by atoms with E-state index in [9.17, 15) is 4.79 Å². The van der Waals surface area contributed by atoms with E-state index in [1.54, 1.807) is 0 Å². The number of rotatable bonds is 6. The molecular weight excluding hydrogens is 230 g/mol. The van der Waals surface area contributed by atoms with E-state index in [0.29, 0.717) is 19.2 Å². The fourth-order valence-corrected chi connectivity index (χ4v) is 2.15. The van der Waals surface area contributed by atoms with Crippen molar-refractivity contribution in [3.05, 3.63) is 17.5 Å². The molecule has 0 aromatic carbocycles. The van der Waals surface area contributed by atoms with Crippen LogP contribution >= 0.6 is 0 Å². The van der Waals surface area contributed by atoms with Crippen LogP contribution in [0.2, 0.25) is 0 Å². The minimum absolute atomic E-state index is 0.136. The van der Waals surface area contributed by atoms with Gasteiger partial charge in [-0.05, 0) is 32.8 Å². The van der Waals surface area contributed by atoms with Crippen molar-refractivity contribution in [2.75, 3.05) is 13.2 Å². The molecule has 0 radical (unpaired) electrons. The van der Waals surface area contributed by atoms with Gasteiger partial charge in [0.05, 0.1) is 24.5 Å². The van der Waals surface area contributed by atoms with E-state index in [0.717, 1.165) is 17.9 Å². The van der Waals surface area contributed by atoms with E-state index in [1.165, 1.54) is 12.8 Å². The molecule has 5 heteroatoms. The lowest BCUT2D eigenvalue weighted by Gasteiger charge is -2.20. The number of nitrogens with zero attached hydrogens (tertiary/aromatic N) is 3. The van der Waals surface area contributed by atoms with Crippen molar-refractivity contribution in [3.63, 3.8) is 0 Å². The van der Waals surface area contributed by atoms with Crippen LogP contribution in [0, 0.1) is 6.92 Å². The number of ether oxygens (including phenoxy) is 1. The quantitative estimate of drug-likeness (QED) is 0.714. The van der Waals surface area contributed by atoms with Gasteiger partial charge in [-0.15, -0.1) is 0 Å². The first-order chi connectivity index (χ1) is 8.60. The summed E-state index contributed by atoms with van der Waals surface area (Å²) < 4.78 is 6.91. The van der Waals surface area contributed by atoms with E-state index >= 15 is 0 Å². The lowest BCUT2D eigenvalue weighted by molar-refractivity contribution is -0.144. The monoisotopic (exact) mass is 251 g/mol. The summed E-state index contributed by atoms with van der Waals surface area (Å²) in [6.45, 7) is 5.41. The molecule has 0 amide bonds. The highest BCUT2D eigenvalue weighted by molar-refractivity contribution is 5.71.